The number of amides is 3. The number of likely N-dealkylation sites (N-methyl/N-ethyl adjacent to an activating group) is 1. The van der Waals surface area contributed by atoms with Gasteiger partial charge < -0.3 is 29.3 Å². The molecule has 0 unspecified atom stereocenters. The molecule has 0 aliphatic carbocycles. The van der Waals surface area contributed by atoms with E-state index in [0.717, 1.165) is 11.1 Å². The van der Waals surface area contributed by atoms with Crippen LogP contribution in [-0.2, 0) is 32.1 Å². The van der Waals surface area contributed by atoms with Crippen LogP contribution in [0.3, 0.4) is 0 Å². The van der Waals surface area contributed by atoms with E-state index >= 15 is 0 Å². The Morgan fingerprint density at radius 1 is 1.13 bits per heavy atom. The van der Waals surface area contributed by atoms with Gasteiger partial charge in [-0.25, -0.2) is 0 Å². The first-order valence-corrected chi connectivity index (χ1v) is 13.7. The number of methoxy groups -OCH3 is 1. The molecule has 2 aromatic rings. The van der Waals surface area contributed by atoms with Gasteiger partial charge in [0.05, 0.1) is 32.4 Å². The lowest BCUT2D eigenvalue weighted by atomic mass is 9.99. The van der Waals surface area contributed by atoms with Crippen LogP contribution in [0.2, 0.25) is 0 Å². The summed E-state index contributed by atoms with van der Waals surface area (Å²) in [5.74, 6) is 1.41. The second-order valence-corrected chi connectivity index (χ2v) is 10.4. The lowest BCUT2D eigenvalue weighted by Gasteiger charge is -2.39. The van der Waals surface area contributed by atoms with E-state index in [9.17, 15) is 14.4 Å². The smallest absolute Gasteiger partial charge is 0.239 e. The first-order valence-electron chi connectivity index (χ1n) is 13.7. The maximum absolute atomic E-state index is 13.1. The molecule has 4 rings (SSSR count). The Kier molecular flexibility index (Phi) is 9.45. The molecule has 2 heterocycles. The van der Waals surface area contributed by atoms with Crippen LogP contribution in [0.5, 0.6) is 17.2 Å². The number of nitrogens with zero attached hydrogens (tertiary/aromatic N) is 2. The van der Waals surface area contributed by atoms with Gasteiger partial charge in [-0.15, -0.1) is 0 Å². The number of fused-ring (bicyclic) bond motifs is 5. The average Bonchev–Trinajstić information content (AvgIpc) is 2.93. The maximum atomic E-state index is 13.1. The Balaban J connectivity index is 1.63. The number of piperidine rings is 1. The molecule has 9 heteroatoms. The monoisotopic (exact) mass is 537 g/mol. The summed E-state index contributed by atoms with van der Waals surface area (Å²) >= 11 is 0. The van der Waals surface area contributed by atoms with Crippen molar-refractivity contribution in [1.82, 2.24) is 15.1 Å². The number of carbonyl (C=O) groups excluding carboxylic acids is 3. The van der Waals surface area contributed by atoms with Crippen LogP contribution in [0.15, 0.2) is 42.5 Å². The standard InChI is InChI=1S/C30H39N3O6/c1-5-32-18-28(34)31-24-13-14-33(30(36)20(2)3)17-27(24)38-19-22-7-6-8-23(15-22)39-26-16-21(10-12-29(32)35)9-11-25(26)37-4/h6-9,11,15-16,20,24,27H,5,10,12-14,17-19H2,1-4H3,(H,31,34)/t24-,27-/m0/s1. The lowest BCUT2D eigenvalue weighted by Crippen LogP contribution is -2.58. The molecule has 0 radical (unpaired) electrons. The van der Waals surface area contributed by atoms with Crippen molar-refractivity contribution < 1.29 is 28.6 Å². The summed E-state index contributed by atoms with van der Waals surface area (Å²) in [6.07, 6.45) is 0.961. The second kappa shape index (κ2) is 13.0. The number of hydrogen-bond acceptors (Lipinski definition) is 6. The van der Waals surface area contributed by atoms with Crippen LogP contribution in [-0.4, -0.2) is 73.0 Å². The van der Waals surface area contributed by atoms with Crippen molar-refractivity contribution in [2.45, 2.75) is 58.8 Å². The molecule has 9 nitrogen and oxygen atoms in total. The van der Waals surface area contributed by atoms with Crippen molar-refractivity contribution in [2.24, 2.45) is 5.92 Å². The third-order valence-electron chi connectivity index (χ3n) is 7.23. The van der Waals surface area contributed by atoms with Crippen LogP contribution >= 0.6 is 0 Å². The minimum atomic E-state index is -0.392. The predicted molar refractivity (Wildman–Crippen MR) is 147 cm³/mol. The van der Waals surface area contributed by atoms with Crippen LogP contribution in [0.4, 0.5) is 0 Å². The fourth-order valence-corrected chi connectivity index (χ4v) is 5.01. The molecule has 0 saturated carbocycles. The number of ether oxygens (including phenoxy) is 3. The first kappa shape index (κ1) is 28.4. The number of carbonyl (C=O) groups is 3. The van der Waals surface area contributed by atoms with E-state index in [1.54, 1.807) is 12.0 Å². The Hall–Kier alpha value is -3.59. The average molecular weight is 538 g/mol. The van der Waals surface area contributed by atoms with Gasteiger partial charge in [-0.05, 0) is 55.2 Å². The Bertz CT molecular complexity index is 1180. The van der Waals surface area contributed by atoms with Crippen molar-refractivity contribution in [3.05, 3.63) is 53.6 Å². The van der Waals surface area contributed by atoms with Gasteiger partial charge in [-0.1, -0.05) is 32.0 Å². The van der Waals surface area contributed by atoms with Gasteiger partial charge in [-0.2, -0.15) is 0 Å². The molecule has 0 aromatic heterocycles. The SMILES string of the molecule is CCN1CC(=O)N[C@H]2CCN(C(=O)C(C)C)C[C@@H]2OCc2cccc(c2)Oc2cc(ccc2OC)CCC1=O. The fraction of sp³-hybridized carbons (Fsp3) is 0.500. The Morgan fingerprint density at radius 2 is 1.95 bits per heavy atom. The van der Waals surface area contributed by atoms with Crippen molar-refractivity contribution in [3.8, 4) is 17.2 Å². The molecule has 1 saturated heterocycles. The van der Waals surface area contributed by atoms with Crippen molar-refractivity contribution >= 4 is 17.7 Å². The lowest BCUT2D eigenvalue weighted by molar-refractivity contribution is -0.141. The summed E-state index contributed by atoms with van der Waals surface area (Å²) in [6, 6.07) is 13.0. The summed E-state index contributed by atoms with van der Waals surface area (Å²) in [7, 11) is 1.59. The summed E-state index contributed by atoms with van der Waals surface area (Å²) in [5, 5.41) is 3.09. The van der Waals surface area contributed by atoms with Crippen LogP contribution in [0, 0.1) is 5.92 Å². The topological polar surface area (TPSA) is 97.4 Å². The third-order valence-corrected chi connectivity index (χ3v) is 7.23. The minimum absolute atomic E-state index is 0.0216. The van der Waals surface area contributed by atoms with Crippen molar-refractivity contribution in [1.29, 1.82) is 0 Å². The van der Waals surface area contributed by atoms with E-state index in [2.05, 4.69) is 5.32 Å². The Morgan fingerprint density at radius 3 is 2.69 bits per heavy atom. The number of nitrogens with one attached hydrogen (secondary N) is 1. The van der Waals surface area contributed by atoms with Crippen molar-refractivity contribution in [2.75, 3.05) is 33.3 Å². The number of aryl methyl sites for hydroxylation is 1. The largest absolute Gasteiger partial charge is 0.493 e. The van der Waals surface area contributed by atoms with Gasteiger partial charge in [-0.3, -0.25) is 14.4 Å². The third kappa shape index (κ3) is 7.29. The van der Waals surface area contributed by atoms with E-state index in [4.69, 9.17) is 14.2 Å². The molecule has 4 bridgehead atoms. The quantitative estimate of drug-likeness (QED) is 0.643. The molecule has 39 heavy (non-hydrogen) atoms. The summed E-state index contributed by atoms with van der Waals surface area (Å²) in [4.78, 5) is 42.2. The zero-order valence-electron chi connectivity index (χ0n) is 23.3. The normalized spacial score (nSPS) is 20.8. The van der Waals surface area contributed by atoms with E-state index < -0.39 is 6.10 Å². The molecule has 2 aliphatic heterocycles. The fourth-order valence-electron chi connectivity index (χ4n) is 5.01. The summed E-state index contributed by atoms with van der Waals surface area (Å²) in [6.45, 7) is 7.26. The van der Waals surface area contributed by atoms with E-state index in [1.165, 1.54) is 0 Å². The van der Waals surface area contributed by atoms with Gasteiger partial charge in [0.25, 0.3) is 0 Å². The van der Waals surface area contributed by atoms with E-state index in [1.807, 2.05) is 68.1 Å². The number of rotatable bonds is 3. The maximum Gasteiger partial charge on any atom is 0.239 e. The van der Waals surface area contributed by atoms with Crippen LogP contribution < -0.4 is 14.8 Å². The van der Waals surface area contributed by atoms with Gasteiger partial charge in [0.15, 0.2) is 11.5 Å². The molecule has 2 aromatic carbocycles. The highest BCUT2D eigenvalue weighted by molar-refractivity contribution is 5.85. The molecule has 210 valence electrons. The molecule has 1 fully saturated rings. The van der Waals surface area contributed by atoms with E-state index in [0.29, 0.717) is 49.7 Å². The zero-order chi connectivity index (χ0) is 27.9. The predicted octanol–water partition coefficient (Wildman–Crippen LogP) is 3.54. The second-order valence-electron chi connectivity index (χ2n) is 10.4. The van der Waals surface area contributed by atoms with Gasteiger partial charge in [0.1, 0.15) is 5.75 Å². The molecular formula is C30H39N3O6. The van der Waals surface area contributed by atoms with Gasteiger partial charge in [0, 0.05) is 32.0 Å². The molecule has 3 amide bonds. The first-order chi connectivity index (χ1) is 18.8. The molecule has 2 aliphatic rings. The Labute approximate surface area is 230 Å². The zero-order valence-corrected chi connectivity index (χ0v) is 23.3. The molecule has 2 atom stereocenters. The molecule has 0 spiro atoms. The number of hydrogen-bond donors (Lipinski definition) is 1. The van der Waals surface area contributed by atoms with Crippen molar-refractivity contribution in [3.63, 3.8) is 0 Å². The summed E-state index contributed by atoms with van der Waals surface area (Å²) in [5.41, 5.74) is 1.84. The summed E-state index contributed by atoms with van der Waals surface area (Å²) < 4.78 is 18.0. The van der Waals surface area contributed by atoms with Gasteiger partial charge in [0.2, 0.25) is 17.7 Å². The highest BCUT2D eigenvalue weighted by Crippen LogP contribution is 2.33. The molecule has 1 N–H and O–H groups in total. The molecular weight excluding hydrogens is 498 g/mol. The van der Waals surface area contributed by atoms with E-state index in [-0.39, 0.29) is 49.3 Å². The van der Waals surface area contributed by atoms with Gasteiger partial charge >= 0.3 is 0 Å². The number of likely N-dealkylation sites (tertiary alicyclic amines) is 1. The number of benzene rings is 2. The minimum Gasteiger partial charge on any atom is -0.493 e. The highest BCUT2D eigenvalue weighted by Gasteiger charge is 2.34. The van der Waals surface area contributed by atoms with Crippen LogP contribution in [0.1, 0.15) is 44.7 Å². The van der Waals surface area contributed by atoms with Crippen LogP contribution in [0.25, 0.3) is 0 Å². The highest BCUT2D eigenvalue weighted by atomic mass is 16.5.